The first-order valence-electron chi connectivity index (χ1n) is 6.20. The molecule has 0 aromatic heterocycles. The summed E-state index contributed by atoms with van der Waals surface area (Å²) in [6.07, 6.45) is -7.21. The van der Waals surface area contributed by atoms with E-state index in [1.54, 1.807) is 12.1 Å². The molecule has 1 atom stereocenters. The van der Waals surface area contributed by atoms with Crippen LogP contribution in [0.15, 0.2) is 21.1 Å². The third kappa shape index (κ3) is 6.14. The first-order chi connectivity index (χ1) is 9.61. The largest absolute Gasteiger partial charge is 0.488 e. The Kier molecular flexibility index (Phi) is 6.96. The van der Waals surface area contributed by atoms with Crippen molar-refractivity contribution in [3.8, 4) is 5.75 Å². The topological polar surface area (TPSA) is 41.5 Å². The molecular formula is C13H16Br2F3NO2. The van der Waals surface area contributed by atoms with E-state index in [0.29, 0.717) is 21.5 Å². The fourth-order valence-electron chi connectivity index (χ4n) is 1.43. The van der Waals surface area contributed by atoms with Crippen LogP contribution in [0.4, 0.5) is 13.2 Å². The third-order valence-corrected chi connectivity index (χ3v) is 3.71. The standard InChI is InChI=1S/C13H16Br2F3NO2/c1-7(2)19-5-8-3-9(14)12(10(15)4-8)21-6-11(20)13(16,17)18/h3-4,7,11,19-20H,5-6H2,1-2H3. The van der Waals surface area contributed by atoms with Gasteiger partial charge < -0.3 is 15.2 Å². The third-order valence-electron chi connectivity index (χ3n) is 2.54. The second-order valence-electron chi connectivity index (χ2n) is 4.79. The first kappa shape index (κ1) is 18.7. The molecule has 0 aliphatic carbocycles. The van der Waals surface area contributed by atoms with Gasteiger partial charge in [-0.1, -0.05) is 13.8 Å². The fraction of sp³-hybridized carbons (Fsp3) is 0.538. The van der Waals surface area contributed by atoms with Crippen molar-refractivity contribution in [2.45, 2.75) is 38.7 Å². The maximum absolute atomic E-state index is 12.2. The van der Waals surface area contributed by atoms with E-state index in [1.165, 1.54) is 0 Å². The van der Waals surface area contributed by atoms with Crippen molar-refractivity contribution < 1.29 is 23.0 Å². The molecule has 2 N–H and O–H groups in total. The van der Waals surface area contributed by atoms with Gasteiger partial charge in [0.2, 0.25) is 0 Å². The Hall–Kier alpha value is -0.310. The zero-order valence-corrected chi connectivity index (χ0v) is 14.6. The van der Waals surface area contributed by atoms with Gasteiger partial charge in [0, 0.05) is 12.6 Å². The van der Waals surface area contributed by atoms with Gasteiger partial charge in [-0.05, 0) is 49.6 Å². The molecule has 120 valence electrons. The van der Waals surface area contributed by atoms with Crippen LogP contribution in [0.3, 0.4) is 0 Å². The summed E-state index contributed by atoms with van der Waals surface area (Å²) in [6.45, 7) is 3.80. The number of hydrogen-bond donors (Lipinski definition) is 2. The monoisotopic (exact) mass is 433 g/mol. The van der Waals surface area contributed by atoms with Gasteiger partial charge in [-0.3, -0.25) is 0 Å². The minimum Gasteiger partial charge on any atom is -0.488 e. The maximum atomic E-state index is 12.2. The first-order valence-corrected chi connectivity index (χ1v) is 7.78. The van der Waals surface area contributed by atoms with E-state index in [2.05, 4.69) is 37.2 Å². The normalized spacial score (nSPS) is 13.6. The number of benzene rings is 1. The van der Waals surface area contributed by atoms with E-state index in [-0.39, 0.29) is 5.75 Å². The molecule has 0 saturated heterocycles. The predicted molar refractivity (Wildman–Crippen MR) is 81.4 cm³/mol. The summed E-state index contributed by atoms with van der Waals surface area (Å²) in [5.74, 6) is 0.228. The number of ether oxygens (including phenoxy) is 1. The highest BCUT2D eigenvalue weighted by molar-refractivity contribution is 9.11. The summed E-state index contributed by atoms with van der Waals surface area (Å²) in [7, 11) is 0. The fourth-order valence-corrected chi connectivity index (χ4v) is 2.94. The molecule has 0 heterocycles. The molecule has 1 aromatic carbocycles. The van der Waals surface area contributed by atoms with Crippen molar-refractivity contribution in [1.29, 1.82) is 0 Å². The lowest BCUT2D eigenvalue weighted by molar-refractivity contribution is -0.210. The molecule has 1 aromatic rings. The van der Waals surface area contributed by atoms with Crippen LogP contribution in [0.1, 0.15) is 19.4 Å². The summed E-state index contributed by atoms with van der Waals surface area (Å²) in [6, 6.07) is 3.84. The number of aliphatic hydroxyl groups is 1. The van der Waals surface area contributed by atoms with Crippen molar-refractivity contribution >= 4 is 31.9 Å². The van der Waals surface area contributed by atoms with Gasteiger partial charge >= 0.3 is 6.18 Å². The van der Waals surface area contributed by atoms with Crippen LogP contribution in [0, 0.1) is 0 Å². The second kappa shape index (κ2) is 7.80. The SMILES string of the molecule is CC(C)NCc1cc(Br)c(OCC(O)C(F)(F)F)c(Br)c1. The Morgan fingerprint density at radius 2 is 1.76 bits per heavy atom. The van der Waals surface area contributed by atoms with Crippen LogP contribution in [-0.2, 0) is 6.54 Å². The number of rotatable bonds is 6. The Morgan fingerprint density at radius 3 is 2.19 bits per heavy atom. The van der Waals surface area contributed by atoms with E-state index in [1.807, 2.05) is 13.8 Å². The number of nitrogens with one attached hydrogen (secondary N) is 1. The molecule has 0 aliphatic rings. The molecule has 1 rings (SSSR count). The van der Waals surface area contributed by atoms with Crippen LogP contribution in [0.5, 0.6) is 5.75 Å². The van der Waals surface area contributed by atoms with Gasteiger partial charge in [-0.2, -0.15) is 13.2 Å². The van der Waals surface area contributed by atoms with Crippen molar-refractivity contribution in [2.75, 3.05) is 6.61 Å². The van der Waals surface area contributed by atoms with Crippen molar-refractivity contribution in [1.82, 2.24) is 5.32 Å². The molecule has 0 bridgehead atoms. The Bertz CT molecular complexity index is 458. The molecule has 0 amide bonds. The van der Waals surface area contributed by atoms with Crippen LogP contribution in [0.2, 0.25) is 0 Å². The van der Waals surface area contributed by atoms with E-state index < -0.39 is 18.9 Å². The molecule has 3 nitrogen and oxygen atoms in total. The zero-order chi connectivity index (χ0) is 16.2. The van der Waals surface area contributed by atoms with Crippen LogP contribution >= 0.6 is 31.9 Å². The minimum absolute atomic E-state index is 0.228. The lowest BCUT2D eigenvalue weighted by Gasteiger charge is -2.17. The Balaban J connectivity index is 2.76. The Morgan fingerprint density at radius 1 is 1.24 bits per heavy atom. The lowest BCUT2D eigenvalue weighted by Crippen LogP contribution is -2.34. The highest BCUT2D eigenvalue weighted by atomic mass is 79.9. The molecule has 1 unspecified atom stereocenters. The molecule has 0 aliphatic heterocycles. The molecule has 8 heteroatoms. The van der Waals surface area contributed by atoms with Gasteiger partial charge in [-0.25, -0.2) is 0 Å². The van der Waals surface area contributed by atoms with Gasteiger partial charge in [0.05, 0.1) is 8.95 Å². The summed E-state index contributed by atoms with van der Waals surface area (Å²) < 4.78 is 42.8. The molecular weight excluding hydrogens is 419 g/mol. The number of halogens is 5. The Labute approximate surface area is 138 Å². The molecule has 21 heavy (non-hydrogen) atoms. The molecule has 0 spiro atoms. The second-order valence-corrected chi connectivity index (χ2v) is 6.50. The predicted octanol–water partition coefficient (Wildman–Crippen LogP) is 4.01. The van der Waals surface area contributed by atoms with Gasteiger partial charge in [-0.15, -0.1) is 0 Å². The average molecular weight is 435 g/mol. The summed E-state index contributed by atoms with van der Waals surface area (Å²) >= 11 is 6.52. The number of alkyl halides is 3. The lowest BCUT2D eigenvalue weighted by atomic mass is 10.2. The van der Waals surface area contributed by atoms with E-state index in [9.17, 15) is 13.2 Å². The van der Waals surface area contributed by atoms with Gasteiger partial charge in [0.1, 0.15) is 12.4 Å². The van der Waals surface area contributed by atoms with Crippen LogP contribution < -0.4 is 10.1 Å². The summed E-state index contributed by atoms with van der Waals surface area (Å²) in [5.41, 5.74) is 0.950. The van der Waals surface area contributed by atoms with Crippen molar-refractivity contribution in [3.05, 3.63) is 26.6 Å². The molecule has 0 saturated carbocycles. The zero-order valence-electron chi connectivity index (χ0n) is 11.5. The quantitative estimate of drug-likeness (QED) is 0.710. The minimum atomic E-state index is -4.69. The number of aliphatic hydroxyl groups excluding tert-OH is 1. The van der Waals surface area contributed by atoms with Crippen LogP contribution in [0.25, 0.3) is 0 Å². The van der Waals surface area contributed by atoms with E-state index in [0.717, 1.165) is 5.56 Å². The van der Waals surface area contributed by atoms with Gasteiger partial charge in [0.15, 0.2) is 6.10 Å². The highest BCUT2D eigenvalue weighted by Crippen LogP contribution is 2.35. The highest BCUT2D eigenvalue weighted by Gasteiger charge is 2.38. The molecule has 0 fully saturated rings. The smallest absolute Gasteiger partial charge is 0.417 e. The summed E-state index contributed by atoms with van der Waals surface area (Å²) in [4.78, 5) is 0. The average Bonchev–Trinajstić information content (AvgIpc) is 2.33. The summed E-state index contributed by atoms with van der Waals surface area (Å²) in [5, 5.41) is 12.2. The van der Waals surface area contributed by atoms with Crippen molar-refractivity contribution in [2.24, 2.45) is 0 Å². The maximum Gasteiger partial charge on any atom is 0.417 e. The van der Waals surface area contributed by atoms with Crippen LogP contribution in [-0.4, -0.2) is 30.0 Å². The van der Waals surface area contributed by atoms with E-state index in [4.69, 9.17) is 9.84 Å². The molecule has 0 radical (unpaired) electrons. The van der Waals surface area contributed by atoms with Crippen molar-refractivity contribution in [3.63, 3.8) is 0 Å². The number of hydrogen-bond acceptors (Lipinski definition) is 3. The van der Waals surface area contributed by atoms with Gasteiger partial charge in [0.25, 0.3) is 0 Å². The van der Waals surface area contributed by atoms with E-state index >= 15 is 0 Å².